The number of rotatable bonds is 3. The predicted octanol–water partition coefficient (Wildman–Crippen LogP) is 1.25. The molecule has 0 atom stereocenters. The third-order valence-corrected chi connectivity index (χ3v) is 2.71. The Morgan fingerprint density at radius 3 is 2.53 bits per heavy atom. The second kappa shape index (κ2) is 4.93. The molecule has 2 rings (SSSR count). The van der Waals surface area contributed by atoms with E-state index in [1.54, 1.807) is 19.1 Å². The molecule has 0 saturated carbocycles. The van der Waals surface area contributed by atoms with Gasteiger partial charge in [-0.25, -0.2) is 4.79 Å². The molecule has 2 heterocycles. The van der Waals surface area contributed by atoms with E-state index in [-0.39, 0.29) is 11.3 Å². The summed E-state index contributed by atoms with van der Waals surface area (Å²) in [5, 5.41) is 9.13. The van der Waals surface area contributed by atoms with Crippen molar-refractivity contribution < 1.29 is 14.6 Å². The molecule has 0 radical (unpaired) electrons. The lowest BCUT2D eigenvalue weighted by atomic mass is 10.2. The molecule has 0 aromatic carbocycles. The highest BCUT2D eigenvalue weighted by Gasteiger charge is 2.20. The Labute approximate surface area is 108 Å². The van der Waals surface area contributed by atoms with Gasteiger partial charge in [-0.05, 0) is 19.1 Å². The summed E-state index contributed by atoms with van der Waals surface area (Å²) in [5.41, 5.74) is 0.126. The van der Waals surface area contributed by atoms with Crippen molar-refractivity contribution in [3.63, 3.8) is 0 Å². The van der Waals surface area contributed by atoms with E-state index in [9.17, 15) is 9.59 Å². The smallest absolute Gasteiger partial charge is 0.345 e. The first kappa shape index (κ1) is 12.8. The van der Waals surface area contributed by atoms with Gasteiger partial charge >= 0.3 is 5.97 Å². The van der Waals surface area contributed by atoms with Gasteiger partial charge in [0.2, 0.25) is 0 Å². The van der Waals surface area contributed by atoms with Crippen molar-refractivity contribution in [3.8, 4) is 11.4 Å². The molecular weight excluding hydrogens is 248 g/mol. The number of aromatic nitrogens is 2. The number of carbonyl (C=O) groups is 1. The Bertz CT molecular complexity index is 677. The quantitative estimate of drug-likeness (QED) is 0.898. The maximum Gasteiger partial charge on any atom is 0.345 e. The van der Waals surface area contributed by atoms with E-state index < -0.39 is 11.5 Å². The summed E-state index contributed by atoms with van der Waals surface area (Å²) in [6.07, 6.45) is 3.07. The lowest BCUT2D eigenvalue weighted by molar-refractivity contribution is 0.0691. The Morgan fingerprint density at radius 2 is 2.00 bits per heavy atom. The Kier molecular flexibility index (Phi) is 3.33. The zero-order chi connectivity index (χ0) is 14.0. The van der Waals surface area contributed by atoms with Crippen LogP contribution in [0.15, 0.2) is 35.4 Å². The van der Waals surface area contributed by atoms with Crippen LogP contribution in [0.3, 0.4) is 0 Å². The second-order valence-corrected chi connectivity index (χ2v) is 3.88. The fourth-order valence-corrected chi connectivity index (χ4v) is 1.88. The average Bonchev–Trinajstić information content (AvgIpc) is 2.38. The van der Waals surface area contributed by atoms with Crippen molar-refractivity contribution in [1.29, 1.82) is 0 Å². The monoisotopic (exact) mass is 260 g/mol. The molecule has 1 N–H and O–H groups in total. The average molecular weight is 260 g/mol. The molecular formula is C13H12N2O4. The summed E-state index contributed by atoms with van der Waals surface area (Å²) in [7, 11) is 1.33. The van der Waals surface area contributed by atoms with Gasteiger partial charge < -0.3 is 9.84 Å². The maximum absolute atomic E-state index is 12.3. The van der Waals surface area contributed by atoms with Gasteiger partial charge in [0.1, 0.15) is 5.75 Å². The number of carboxylic acid groups (broad SMARTS) is 1. The van der Waals surface area contributed by atoms with Crippen LogP contribution in [0.5, 0.6) is 5.75 Å². The van der Waals surface area contributed by atoms with E-state index in [0.29, 0.717) is 11.4 Å². The predicted molar refractivity (Wildman–Crippen MR) is 68.1 cm³/mol. The van der Waals surface area contributed by atoms with Crippen LogP contribution in [0, 0.1) is 6.92 Å². The van der Waals surface area contributed by atoms with Crippen LogP contribution in [-0.2, 0) is 0 Å². The summed E-state index contributed by atoms with van der Waals surface area (Å²) in [4.78, 5) is 27.3. The van der Waals surface area contributed by atoms with E-state index in [1.807, 2.05) is 0 Å². The van der Waals surface area contributed by atoms with Crippen molar-refractivity contribution in [2.45, 2.75) is 6.92 Å². The van der Waals surface area contributed by atoms with Crippen molar-refractivity contribution in [3.05, 3.63) is 52.2 Å². The number of aromatic carboxylic acids is 1. The van der Waals surface area contributed by atoms with Gasteiger partial charge in [0.15, 0.2) is 5.56 Å². The molecule has 98 valence electrons. The topological polar surface area (TPSA) is 81.4 Å². The van der Waals surface area contributed by atoms with Crippen molar-refractivity contribution >= 4 is 5.97 Å². The van der Waals surface area contributed by atoms with Gasteiger partial charge in [-0.1, -0.05) is 0 Å². The number of ether oxygens (including phenoxy) is 1. The number of hydrogen-bond donors (Lipinski definition) is 1. The highest BCUT2D eigenvalue weighted by atomic mass is 16.5. The molecule has 0 fully saturated rings. The van der Waals surface area contributed by atoms with Crippen LogP contribution in [0.25, 0.3) is 5.69 Å². The molecule has 6 heteroatoms. The summed E-state index contributed by atoms with van der Waals surface area (Å²) in [5.74, 6) is -1.26. The highest BCUT2D eigenvalue weighted by Crippen LogP contribution is 2.18. The minimum absolute atomic E-state index is 0.0558. The third-order valence-electron chi connectivity index (χ3n) is 2.71. The summed E-state index contributed by atoms with van der Waals surface area (Å²) < 4.78 is 6.27. The van der Waals surface area contributed by atoms with Crippen LogP contribution < -0.4 is 10.3 Å². The molecule has 0 amide bonds. The molecule has 2 aromatic heterocycles. The van der Waals surface area contributed by atoms with E-state index in [0.717, 1.165) is 0 Å². The van der Waals surface area contributed by atoms with Crippen molar-refractivity contribution in [2.24, 2.45) is 0 Å². The lowest BCUT2D eigenvalue weighted by Crippen LogP contribution is -2.27. The summed E-state index contributed by atoms with van der Waals surface area (Å²) in [6, 6.07) is 4.78. The van der Waals surface area contributed by atoms with Gasteiger partial charge in [0.05, 0.1) is 12.8 Å². The molecule has 19 heavy (non-hydrogen) atoms. The van der Waals surface area contributed by atoms with Gasteiger partial charge in [0, 0.05) is 24.2 Å². The third kappa shape index (κ3) is 2.20. The number of carboxylic acids is 1. The van der Waals surface area contributed by atoms with Crippen LogP contribution in [0.2, 0.25) is 0 Å². The number of nitrogens with zero attached hydrogens (tertiary/aromatic N) is 2. The van der Waals surface area contributed by atoms with Gasteiger partial charge in [-0.15, -0.1) is 0 Å². The number of pyridine rings is 2. The zero-order valence-corrected chi connectivity index (χ0v) is 10.5. The number of methoxy groups -OCH3 is 1. The van der Waals surface area contributed by atoms with Crippen molar-refractivity contribution in [2.75, 3.05) is 7.11 Å². The van der Waals surface area contributed by atoms with Gasteiger partial charge in [-0.2, -0.15) is 0 Å². The lowest BCUT2D eigenvalue weighted by Gasteiger charge is -2.13. The molecule has 0 aliphatic heterocycles. The highest BCUT2D eigenvalue weighted by molar-refractivity contribution is 5.90. The zero-order valence-electron chi connectivity index (χ0n) is 10.5. The number of aryl methyl sites for hydroxylation is 1. The molecule has 2 aromatic rings. The largest absolute Gasteiger partial charge is 0.496 e. The second-order valence-electron chi connectivity index (χ2n) is 3.88. The van der Waals surface area contributed by atoms with E-state index in [2.05, 4.69) is 4.98 Å². The first-order chi connectivity index (χ1) is 9.06. The molecule has 0 spiro atoms. The Morgan fingerprint density at radius 1 is 1.37 bits per heavy atom. The SMILES string of the molecule is COc1cc(C)n(-c2ccncc2)c(=O)c1C(=O)O. The molecule has 0 aliphatic rings. The van der Waals surface area contributed by atoms with E-state index in [4.69, 9.17) is 9.84 Å². The molecule has 0 bridgehead atoms. The number of hydrogen-bond acceptors (Lipinski definition) is 4. The Balaban J connectivity index is 2.81. The van der Waals surface area contributed by atoms with E-state index >= 15 is 0 Å². The normalized spacial score (nSPS) is 10.2. The van der Waals surface area contributed by atoms with Gasteiger partial charge in [0.25, 0.3) is 5.56 Å². The Hall–Kier alpha value is -2.63. The molecule has 6 nitrogen and oxygen atoms in total. The fraction of sp³-hybridized carbons (Fsp3) is 0.154. The summed E-state index contributed by atoms with van der Waals surface area (Å²) in [6.45, 7) is 1.70. The molecule has 0 unspecified atom stereocenters. The van der Waals surface area contributed by atoms with Crippen LogP contribution in [-0.4, -0.2) is 27.7 Å². The van der Waals surface area contributed by atoms with E-state index in [1.165, 1.54) is 30.1 Å². The first-order valence-electron chi connectivity index (χ1n) is 5.50. The molecule has 0 aliphatic carbocycles. The van der Waals surface area contributed by atoms with Gasteiger partial charge in [-0.3, -0.25) is 14.3 Å². The van der Waals surface area contributed by atoms with Crippen LogP contribution >= 0.6 is 0 Å². The minimum Gasteiger partial charge on any atom is -0.496 e. The van der Waals surface area contributed by atoms with Crippen molar-refractivity contribution in [1.82, 2.24) is 9.55 Å². The fourth-order valence-electron chi connectivity index (χ4n) is 1.88. The first-order valence-corrected chi connectivity index (χ1v) is 5.50. The van der Waals surface area contributed by atoms with Crippen LogP contribution in [0.4, 0.5) is 0 Å². The van der Waals surface area contributed by atoms with Crippen LogP contribution in [0.1, 0.15) is 16.1 Å². The standard InChI is InChI=1S/C13H12N2O4/c1-8-7-10(19-2)11(13(17)18)12(16)15(8)9-3-5-14-6-4-9/h3-7H,1-2H3,(H,17,18). The maximum atomic E-state index is 12.3. The summed E-state index contributed by atoms with van der Waals surface area (Å²) >= 11 is 0. The molecule has 0 saturated heterocycles. The minimum atomic E-state index is -1.32.